The molecule has 0 atom stereocenters. The van der Waals surface area contributed by atoms with Crippen molar-refractivity contribution < 1.29 is 18.3 Å². The van der Waals surface area contributed by atoms with Gasteiger partial charge in [-0.2, -0.15) is 0 Å². The molecule has 0 amide bonds. The first-order chi connectivity index (χ1) is 12.5. The maximum Gasteiger partial charge on any atom is 0.212 e. The zero-order chi connectivity index (χ0) is 21.7. The molecular formula is C17H22N+. The van der Waals surface area contributed by atoms with Crippen LogP contribution in [0.4, 0.5) is 0 Å². The van der Waals surface area contributed by atoms with Crippen LogP contribution >= 0.6 is 0 Å². The number of rotatable bonds is 2. The Bertz CT molecular complexity index is 863. The van der Waals surface area contributed by atoms with Crippen LogP contribution in [0.2, 0.25) is 0 Å². The van der Waals surface area contributed by atoms with E-state index in [9.17, 15) is 0 Å². The quantitative estimate of drug-likeness (QED) is 0.711. The maximum absolute atomic E-state index is 8.48. The lowest BCUT2D eigenvalue weighted by Gasteiger charge is -2.11. The van der Waals surface area contributed by atoms with E-state index in [0.717, 1.165) is 5.56 Å². The molecule has 0 N–H and O–H groups in total. The molecule has 0 aliphatic rings. The summed E-state index contributed by atoms with van der Waals surface area (Å²) in [4.78, 5) is 0. The average Bonchev–Trinajstić information content (AvgIpc) is 2.51. The topological polar surface area (TPSA) is 3.88 Å². The van der Waals surface area contributed by atoms with E-state index in [2.05, 4.69) is 0 Å². The van der Waals surface area contributed by atoms with Crippen LogP contribution in [0.5, 0.6) is 0 Å². The molecule has 18 heavy (non-hydrogen) atoms. The molecule has 1 heterocycles. The van der Waals surface area contributed by atoms with Crippen molar-refractivity contribution in [2.45, 2.75) is 33.4 Å². The summed E-state index contributed by atoms with van der Waals surface area (Å²) in [7, 11) is 1.59. The first-order valence-electron chi connectivity index (χ1n) is 10.6. The summed E-state index contributed by atoms with van der Waals surface area (Å²) in [6.45, 7) is -7.52. The van der Waals surface area contributed by atoms with Gasteiger partial charge in [-0.1, -0.05) is 31.9 Å². The van der Waals surface area contributed by atoms with Gasteiger partial charge < -0.3 is 0 Å². The predicted molar refractivity (Wildman–Crippen MR) is 76.6 cm³/mol. The molecule has 0 aliphatic heterocycles. The standard InChI is InChI=1S/C17H22N/c1-12(2)16-10-17(18(5)11-14(16)4)15-9-7-6-8-13(15)3/h6-12H,1-5H3/q+1/i1D3,2D3,4D3,12D. The Morgan fingerprint density at radius 2 is 2.00 bits per heavy atom. The molecule has 2 rings (SSSR count). The Kier molecular flexibility index (Phi) is 1.41. The second-order valence-electron chi connectivity index (χ2n) is 4.29. The molecule has 1 heteroatoms. The molecule has 1 aromatic carbocycles. The molecule has 0 bridgehead atoms. The van der Waals surface area contributed by atoms with Crippen molar-refractivity contribution >= 4 is 0 Å². The average molecular weight is 250 g/mol. The van der Waals surface area contributed by atoms with Crippen LogP contribution in [0.15, 0.2) is 36.5 Å². The van der Waals surface area contributed by atoms with Crippen LogP contribution in [0.1, 0.15) is 50.0 Å². The number of aryl methyl sites for hydroxylation is 3. The largest absolute Gasteiger partial charge is 0.212 e. The summed E-state index contributed by atoms with van der Waals surface area (Å²) >= 11 is 0. The Labute approximate surface area is 124 Å². The molecule has 0 unspecified atom stereocenters. The lowest BCUT2D eigenvalue weighted by molar-refractivity contribution is -0.660. The summed E-state index contributed by atoms with van der Waals surface area (Å²) < 4.78 is 79.8. The fourth-order valence-electron chi connectivity index (χ4n) is 1.98. The van der Waals surface area contributed by atoms with E-state index in [0.29, 0.717) is 11.3 Å². The van der Waals surface area contributed by atoms with Crippen LogP contribution in [-0.4, -0.2) is 0 Å². The Morgan fingerprint density at radius 3 is 2.67 bits per heavy atom. The number of benzene rings is 1. The van der Waals surface area contributed by atoms with Gasteiger partial charge in [0, 0.05) is 30.9 Å². The lowest BCUT2D eigenvalue weighted by atomic mass is 9.96. The van der Waals surface area contributed by atoms with Crippen molar-refractivity contribution in [3.8, 4) is 11.3 Å². The van der Waals surface area contributed by atoms with Crippen LogP contribution in [0, 0.1) is 13.8 Å². The normalized spacial score (nSPS) is 21.9. The highest BCUT2D eigenvalue weighted by Gasteiger charge is 2.16. The summed E-state index contributed by atoms with van der Waals surface area (Å²) in [5.41, 5.74) is 0.940. The minimum Gasteiger partial charge on any atom is -0.201 e. The lowest BCUT2D eigenvalue weighted by Crippen LogP contribution is -2.32. The minimum atomic E-state index is -3.28. The molecule has 0 aliphatic carbocycles. The SMILES string of the molecule is [2H]C([2H])([2H])c1c[n+](C)c(-c2ccccc2C)cc1C([2H])(C([2H])([2H])[2H])C([2H])([2H])[2H]. The van der Waals surface area contributed by atoms with E-state index in [1.54, 1.807) is 19.2 Å². The zero-order valence-electron chi connectivity index (χ0n) is 20.4. The van der Waals surface area contributed by atoms with Crippen molar-refractivity contribution in [2.75, 3.05) is 0 Å². The molecule has 2 aromatic rings. The maximum atomic E-state index is 8.48. The molecule has 0 saturated carbocycles. The second kappa shape index (κ2) is 4.93. The minimum absolute atomic E-state index is 0.422. The van der Waals surface area contributed by atoms with E-state index in [1.807, 2.05) is 19.1 Å². The van der Waals surface area contributed by atoms with E-state index >= 15 is 0 Å². The van der Waals surface area contributed by atoms with Gasteiger partial charge in [-0.3, -0.25) is 0 Å². The van der Waals surface area contributed by atoms with Gasteiger partial charge in [0.1, 0.15) is 7.05 Å². The Hall–Kier alpha value is -1.63. The van der Waals surface area contributed by atoms with Crippen LogP contribution in [0.25, 0.3) is 11.3 Å². The van der Waals surface area contributed by atoms with Gasteiger partial charge in [-0.05, 0) is 36.9 Å². The van der Waals surface area contributed by atoms with E-state index in [1.165, 1.54) is 16.8 Å². The van der Waals surface area contributed by atoms with Crippen LogP contribution < -0.4 is 4.57 Å². The van der Waals surface area contributed by atoms with Gasteiger partial charge in [-0.15, -0.1) is 0 Å². The molecule has 0 radical (unpaired) electrons. The zero-order valence-corrected chi connectivity index (χ0v) is 10.4. The summed E-state index contributed by atoms with van der Waals surface area (Å²) in [5.74, 6) is -3.10. The van der Waals surface area contributed by atoms with Gasteiger partial charge in [0.2, 0.25) is 5.69 Å². The number of aromatic nitrogens is 1. The molecule has 94 valence electrons. The third-order valence-corrected chi connectivity index (χ3v) is 2.96. The number of pyridine rings is 1. The third-order valence-electron chi connectivity index (χ3n) is 2.96. The predicted octanol–water partition coefficient (Wildman–Crippen LogP) is 3.92. The summed E-state index contributed by atoms with van der Waals surface area (Å²) in [5, 5.41) is 0. The van der Waals surface area contributed by atoms with Crippen molar-refractivity contribution in [2.24, 2.45) is 7.05 Å². The number of nitrogens with zero attached hydrogens (tertiary/aromatic N) is 1. The molecule has 1 nitrogen and oxygen atoms in total. The molecule has 0 spiro atoms. The van der Waals surface area contributed by atoms with E-state index in [4.69, 9.17) is 13.7 Å². The van der Waals surface area contributed by atoms with Crippen LogP contribution in [0.3, 0.4) is 0 Å². The highest BCUT2D eigenvalue weighted by molar-refractivity contribution is 5.61. The second-order valence-corrected chi connectivity index (χ2v) is 4.29. The highest BCUT2D eigenvalue weighted by atomic mass is 14.9. The van der Waals surface area contributed by atoms with Gasteiger partial charge >= 0.3 is 0 Å². The summed E-state index contributed by atoms with van der Waals surface area (Å²) in [6, 6.07) is 8.39. The summed E-state index contributed by atoms with van der Waals surface area (Å²) in [6.07, 6.45) is 1.20. The molecule has 0 fully saturated rings. The monoisotopic (exact) mass is 250 g/mol. The van der Waals surface area contributed by atoms with Crippen molar-refractivity contribution in [3.05, 3.63) is 53.2 Å². The highest BCUT2D eigenvalue weighted by Crippen LogP contribution is 2.25. The molecule has 1 aromatic heterocycles. The van der Waals surface area contributed by atoms with Gasteiger partial charge in [0.25, 0.3) is 0 Å². The van der Waals surface area contributed by atoms with Gasteiger partial charge in [-0.25, -0.2) is 4.57 Å². The first-order valence-corrected chi connectivity index (χ1v) is 5.62. The fraction of sp³-hybridized carbons (Fsp3) is 0.353. The fourth-order valence-corrected chi connectivity index (χ4v) is 1.98. The Morgan fingerprint density at radius 1 is 1.22 bits per heavy atom. The van der Waals surface area contributed by atoms with Crippen molar-refractivity contribution in [1.29, 1.82) is 0 Å². The molecular weight excluding hydrogens is 218 g/mol. The first kappa shape index (κ1) is 5.16. The van der Waals surface area contributed by atoms with Gasteiger partial charge in [0.05, 0.1) is 0 Å². The van der Waals surface area contributed by atoms with Crippen molar-refractivity contribution in [3.63, 3.8) is 0 Å². The van der Waals surface area contributed by atoms with E-state index in [-0.39, 0.29) is 0 Å². The number of hydrogen-bond donors (Lipinski definition) is 0. The van der Waals surface area contributed by atoms with Gasteiger partial charge in [0.15, 0.2) is 6.20 Å². The van der Waals surface area contributed by atoms with Crippen LogP contribution in [-0.2, 0) is 7.05 Å². The smallest absolute Gasteiger partial charge is 0.201 e. The van der Waals surface area contributed by atoms with Crippen molar-refractivity contribution in [1.82, 2.24) is 0 Å². The Balaban J connectivity index is 2.99. The molecule has 0 saturated heterocycles. The van der Waals surface area contributed by atoms with E-state index < -0.39 is 37.6 Å². The number of hydrogen-bond acceptors (Lipinski definition) is 0. The third kappa shape index (κ3) is 2.31.